The second kappa shape index (κ2) is 37.6. The summed E-state index contributed by atoms with van der Waals surface area (Å²) in [6, 6.07) is 0. The number of nitrogens with zero attached hydrogens (tertiary/aromatic N) is 1. The standard InChI is InChI=1S/C12H13NO5.C12H18O3.C9H12O2.3O3S/c1-2-3-4-9(14)5-8-12(17)18-13-10(15)6-7-11(13)16;1-5-6-7-10(13)8-9-11(14)15-12(2,3)4;1-3-4-5-9(11)7-6-8(2)10;3*1-4(2)3/h2-4,6-7H2,1H3;5-7H2,1-4H3;3-5H2,1-2H3;;;. The number of ether oxygens (including phenoxy) is 1. The Kier molecular flexibility index (Phi) is 40.0. The molecular weight excluding hydrogens is 811 g/mol. The number of carbonyl (C=O) groups excluding carboxylic acids is 8. The molecule has 0 unspecified atom stereocenters. The number of esters is 1. The molecule has 1 aliphatic heterocycles. The van der Waals surface area contributed by atoms with Crippen LogP contribution in [0.2, 0.25) is 0 Å². The molecule has 0 spiro atoms. The molecule has 0 bridgehead atoms. The van der Waals surface area contributed by atoms with Gasteiger partial charge in [0, 0.05) is 50.9 Å². The van der Waals surface area contributed by atoms with Gasteiger partial charge in [-0.05, 0) is 63.7 Å². The largest absolute Gasteiger partial charge is 0.450 e. The van der Waals surface area contributed by atoms with E-state index in [1.165, 1.54) is 6.92 Å². The Bertz CT molecular complexity index is 1790. The molecule has 2 amide bonds. The average molecular weight is 854 g/mol. The van der Waals surface area contributed by atoms with Gasteiger partial charge in [0.1, 0.15) is 5.60 Å². The van der Waals surface area contributed by atoms with Crippen molar-refractivity contribution in [1.29, 1.82) is 0 Å². The van der Waals surface area contributed by atoms with E-state index in [1.54, 1.807) is 20.8 Å². The molecule has 0 radical (unpaired) electrons. The molecule has 0 atom stereocenters. The second-order valence-electron chi connectivity index (χ2n) is 11.0. The Labute approximate surface area is 328 Å². The van der Waals surface area contributed by atoms with Crippen LogP contribution in [-0.4, -0.2) is 95.4 Å². The highest BCUT2D eigenvalue weighted by Crippen LogP contribution is 2.11. The van der Waals surface area contributed by atoms with Crippen molar-refractivity contribution in [2.75, 3.05) is 0 Å². The number of rotatable bonds is 10. The van der Waals surface area contributed by atoms with Gasteiger partial charge in [-0.3, -0.25) is 28.8 Å². The number of amides is 2. The predicted molar refractivity (Wildman–Crippen MR) is 190 cm³/mol. The topological polar surface area (TPSA) is 312 Å². The van der Waals surface area contributed by atoms with Crippen LogP contribution in [0.25, 0.3) is 0 Å². The first kappa shape index (κ1) is 59.6. The number of unbranched alkanes of at least 4 members (excludes halogenated alkanes) is 3. The Morgan fingerprint density at radius 3 is 1.11 bits per heavy atom. The van der Waals surface area contributed by atoms with Crippen LogP contribution in [0.4, 0.5) is 0 Å². The lowest BCUT2D eigenvalue weighted by atomic mass is 10.2. The second-order valence-corrected chi connectivity index (χ2v) is 12.2. The van der Waals surface area contributed by atoms with Gasteiger partial charge in [-0.25, -0.2) is 9.59 Å². The molecule has 23 heteroatoms. The van der Waals surface area contributed by atoms with Crippen molar-refractivity contribution < 1.29 is 85.8 Å². The summed E-state index contributed by atoms with van der Waals surface area (Å²) in [6.45, 7) is 12.5. The van der Waals surface area contributed by atoms with E-state index in [2.05, 4.69) is 34.4 Å². The zero-order valence-corrected chi connectivity index (χ0v) is 34.2. The molecule has 1 fully saturated rings. The highest BCUT2D eigenvalue weighted by atomic mass is 32.2. The van der Waals surface area contributed by atoms with E-state index >= 15 is 0 Å². The van der Waals surface area contributed by atoms with Gasteiger partial charge in [0.2, 0.25) is 23.1 Å². The van der Waals surface area contributed by atoms with Gasteiger partial charge in [0.05, 0.1) is 0 Å². The Balaban J connectivity index is -0.000000206. The maximum atomic E-state index is 11.2. The van der Waals surface area contributed by atoms with Crippen molar-refractivity contribution >= 4 is 78.7 Å². The fourth-order valence-electron chi connectivity index (χ4n) is 2.67. The minimum absolute atomic E-state index is 0.0228. The summed E-state index contributed by atoms with van der Waals surface area (Å²) in [5.41, 5.74) is -0.557. The fourth-order valence-corrected chi connectivity index (χ4v) is 2.67. The Hall–Kier alpha value is -5.70. The van der Waals surface area contributed by atoms with Crippen LogP contribution in [0.5, 0.6) is 0 Å². The number of hydrogen-bond acceptors (Lipinski definition) is 19. The summed E-state index contributed by atoms with van der Waals surface area (Å²) in [5, 5.41) is 0.396. The molecular formula is C33H43NO19S3. The van der Waals surface area contributed by atoms with Crippen molar-refractivity contribution in [2.24, 2.45) is 0 Å². The third kappa shape index (κ3) is 57.6. The van der Waals surface area contributed by atoms with Gasteiger partial charge in [-0.1, -0.05) is 40.0 Å². The smallest absolute Gasteiger partial charge is 0.425 e. The van der Waals surface area contributed by atoms with Crippen molar-refractivity contribution in [3.63, 3.8) is 0 Å². The van der Waals surface area contributed by atoms with E-state index in [9.17, 15) is 38.4 Å². The van der Waals surface area contributed by atoms with Crippen LogP contribution < -0.4 is 0 Å². The number of ketones is 4. The van der Waals surface area contributed by atoms with Crippen molar-refractivity contribution in [2.45, 2.75) is 125 Å². The van der Waals surface area contributed by atoms with Crippen LogP contribution in [0, 0.1) is 35.5 Å². The molecule has 1 heterocycles. The van der Waals surface area contributed by atoms with Crippen molar-refractivity contribution in [1.82, 2.24) is 5.06 Å². The third-order valence-corrected chi connectivity index (χ3v) is 4.84. The van der Waals surface area contributed by atoms with Crippen LogP contribution in [0.15, 0.2) is 0 Å². The molecule has 1 aliphatic rings. The maximum absolute atomic E-state index is 11.2. The molecule has 0 aromatic rings. The number of carbonyl (C=O) groups is 8. The summed E-state index contributed by atoms with van der Waals surface area (Å²) in [6.07, 6.45) is 6.34. The molecule has 0 aliphatic carbocycles. The number of hydroxylamine groups is 2. The molecule has 312 valence electrons. The third-order valence-electron chi connectivity index (χ3n) is 4.84. The SMILES string of the molecule is CCCCC(=O)C#CC(=O)OC(C)(C)C.CCCCC(=O)C#CC(=O)ON1C(=O)CCC1=O.CCCCC(=O)C#CC(C)=O.O=S(=O)=O.O=S(=O)=O.O=S(=O)=O. The molecule has 56 heavy (non-hydrogen) atoms. The van der Waals surface area contributed by atoms with E-state index in [1.807, 2.05) is 26.7 Å². The van der Waals surface area contributed by atoms with Gasteiger partial charge in [0.25, 0.3) is 11.8 Å². The zero-order valence-electron chi connectivity index (χ0n) is 31.7. The Morgan fingerprint density at radius 2 is 0.839 bits per heavy atom. The van der Waals surface area contributed by atoms with Crippen LogP contribution >= 0.6 is 0 Å². The molecule has 1 rings (SSSR count). The first-order valence-corrected chi connectivity index (χ1v) is 19.0. The molecule has 0 aromatic carbocycles. The first-order valence-electron chi connectivity index (χ1n) is 16.0. The molecule has 0 saturated carbocycles. The minimum atomic E-state index is -3.11. The molecule has 20 nitrogen and oxygen atoms in total. The van der Waals surface area contributed by atoms with Gasteiger partial charge in [-0.2, -0.15) is 0 Å². The highest BCUT2D eigenvalue weighted by Gasteiger charge is 2.32. The van der Waals surface area contributed by atoms with E-state index in [0.29, 0.717) is 24.3 Å². The average Bonchev–Trinajstić information content (AvgIpc) is 3.37. The van der Waals surface area contributed by atoms with Gasteiger partial charge in [-0.15, -0.1) is 42.9 Å². The van der Waals surface area contributed by atoms with Gasteiger partial charge >= 0.3 is 43.8 Å². The van der Waals surface area contributed by atoms with Crippen molar-refractivity contribution in [3.8, 4) is 35.5 Å². The number of imide groups is 1. The predicted octanol–water partition coefficient (Wildman–Crippen LogP) is 0.773. The van der Waals surface area contributed by atoms with Crippen LogP contribution in [0.1, 0.15) is 119 Å². The summed E-state index contributed by atoms with van der Waals surface area (Å²) < 4.78 is 80.9. The zero-order chi connectivity index (χ0) is 44.9. The number of hydrogen-bond donors (Lipinski definition) is 0. The first-order chi connectivity index (χ1) is 25.7. The van der Waals surface area contributed by atoms with Gasteiger partial charge < -0.3 is 9.57 Å². The maximum Gasteiger partial charge on any atom is 0.425 e. The highest BCUT2D eigenvalue weighted by molar-refractivity contribution is 7.59. The molecule has 0 aromatic heterocycles. The lowest BCUT2D eigenvalue weighted by molar-refractivity contribution is -0.193. The lowest BCUT2D eigenvalue weighted by Crippen LogP contribution is -2.31. The monoisotopic (exact) mass is 853 g/mol. The molecule has 0 N–H and O–H groups in total. The van der Waals surface area contributed by atoms with E-state index in [-0.39, 0.29) is 42.4 Å². The lowest BCUT2D eigenvalue weighted by Gasteiger charge is -2.16. The van der Waals surface area contributed by atoms with E-state index < -0.39 is 61.2 Å². The minimum Gasteiger partial charge on any atom is -0.450 e. The van der Waals surface area contributed by atoms with Crippen molar-refractivity contribution in [3.05, 3.63) is 0 Å². The van der Waals surface area contributed by atoms with Gasteiger partial charge in [0.15, 0.2) is 0 Å². The summed E-state index contributed by atoms with van der Waals surface area (Å²) in [7, 11) is -9.33. The van der Waals surface area contributed by atoms with Crippen LogP contribution in [-0.2, 0) is 79.8 Å². The number of Topliss-reactive ketones (excluding diaryl/α,β-unsaturated/α-hetero) is 4. The summed E-state index contributed by atoms with van der Waals surface area (Å²) in [5.74, 6) is 9.17. The quantitative estimate of drug-likeness (QED) is 0.0963. The Morgan fingerprint density at radius 1 is 0.554 bits per heavy atom. The van der Waals surface area contributed by atoms with Crippen LogP contribution in [0.3, 0.4) is 0 Å². The molecule has 1 saturated heterocycles. The van der Waals surface area contributed by atoms with E-state index in [4.69, 9.17) is 42.6 Å². The summed E-state index contributed by atoms with van der Waals surface area (Å²) >= 11 is 0. The fraction of sp³-hybridized carbons (Fsp3) is 0.576. The summed E-state index contributed by atoms with van der Waals surface area (Å²) in [4.78, 5) is 92.3. The van der Waals surface area contributed by atoms with E-state index in [0.717, 1.165) is 32.1 Å². The normalized spacial score (nSPS) is 10.2.